The Morgan fingerprint density at radius 3 is 2.37 bits per heavy atom. The molecule has 6 nitrogen and oxygen atoms in total. The number of imidazole rings is 1. The van der Waals surface area contributed by atoms with Crippen molar-refractivity contribution in [2.24, 2.45) is 0 Å². The number of halogens is 1. The van der Waals surface area contributed by atoms with Crippen LogP contribution in [0.1, 0.15) is 39.5 Å². The number of benzene rings is 1. The molecule has 1 fully saturated rings. The topological polar surface area (TPSA) is 59.3 Å². The molecule has 1 atom stereocenters. The molecule has 1 aliphatic heterocycles. The first-order valence-electron chi connectivity index (χ1n) is 9.85. The molecular weight excluding hydrogens is 364 g/mol. The third-order valence-corrected chi connectivity index (χ3v) is 5.18. The Hall–Kier alpha value is -1.79. The van der Waals surface area contributed by atoms with E-state index in [1.165, 1.54) is 0 Å². The van der Waals surface area contributed by atoms with Gasteiger partial charge in [0.1, 0.15) is 0 Å². The quantitative estimate of drug-likeness (QED) is 0.748. The maximum atomic E-state index is 12.8. The number of aryl methyl sites for hydroxylation is 2. The second kappa shape index (κ2) is 9.95. The van der Waals surface area contributed by atoms with Gasteiger partial charge in [-0.2, -0.15) is 0 Å². The van der Waals surface area contributed by atoms with E-state index in [0.717, 1.165) is 49.9 Å². The summed E-state index contributed by atoms with van der Waals surface area (Å²) < 4.78 is 3.59. The van der Waals surface area contributed by atoms with Gasteiger partial charge in [0.25, 0.3) is 0 Å². The molecular formula is C20H31ClN4O2. The summed E-state index contributed by atoms with van der Waals surface area (Å²) in [6, 6.07) is 8.15. The Balaban J connectivity index is 0.00000261. The average Bonchev–Trinajstić information content (AvgIpc) is 3.26. The van der Waals surface area contributed by atoms with E-state index >= 15 is 0 Å². The van der Waals surface area contributed by atoms with E-state index in [0.29, 0.717) is 25.6 Å². The second-order valence-electron chi connectivity index (χ2n) is 7.06. The Morgan fingerprint density at radius 1 is 1.15 bits per heavy atom. The summed E-state index contributed by atoms with van der Waals surface area (Å²) in [4.78, 5) is 27.7. The van der Waals surface area contributed by atoms with Crippen LogP contribution in [0.2, 0.25) is 0 Å². The van der Waals surface area contributed by atoms with Gasteiger partial charge in [0.15, 0.2) is 0 Å². The van der Waals surface area contributed by atoms with E-state index in [1.54, 1.807) is 4.57 Å². The molecule has 7 heteroatoms. The fourth-order valence-corrected chi connectivity index (χ4v) is 3.94. The second-order valence-corrected chi connectivity index (χ2v) is 7.06. The Morgan fingerprint density at radius 2 is 1.81 bits per heavy atom. The average molecular weight is 395 g/mol. The number of nitrogens with zero attached hydrogens (tertiary/aromatic N) is 3. The molecule has 1 unspecified atom stereocenters. The number of carbonyl (C=O) groups excluding carboxylic acids is 1. The molecule has 1 aromatic heterocycles. The van der Waals surface area contributed by atoms with Crippen LogP contribution in [-0.4, -0.2) is 45.6 Å². The standard InChI is InChI=1S/C20H30N4O2.ClH/c1-3-12-22(16-9-11-21-15-16)19(25)10-14-24-18-8-6-5-7-17(18)23(13-4-2)20(24)26;/h5-8,16,21H,3-4,9-15H2,1-2H3;1H. The van der Waals surface area contributed by atoms with Crippen LogP contribution in [0.25, 0.3) is 11.0 Å². The highest BCUT2D eigenvalue weighted by Crippen LogP contribution is 2.15. The van der Waals surface area contributed by atoms with Gasteiger partial charge in [-0.1, -0.05) is 26.0 Å². The fourth-order valence-electron chi connectivity index (χ4n) is 3.94. The normalized spacial score (nSPS) is 16.4. The fraction of sp³-hybridized carbons (Fsp3) is 0.600. The van der Waals surface area contributed by atoms with E-state index in [1.807, 2.05) is 33.7 Å². The SMILES string of the molecule is CCCN(C(=O)CCn1c(=O)n(CCC)c2ccccc21)C1CCNC1.Cl. The van der Waals surface area contributed by atoms with Crippen molar-refractivity contribution in [3.8, 4) is 0 Å². The van der Waals surface area contributed by atoms with Crippen LogP contribution >= 0.6 is 12.4 Å². The van der Waals surface area contributed by atoms with Crippen LogP contribution < -0.4 is 11.0 Å². The van der Waals surface area contributed by atoms with Gasteiger partial charge in [-0.25, -0.2) is 4.79 Å². The van der Waals surface area contributed by atoms with E-state index < -0.39 is 0 Å². The van der Waals surface area contributed by atoms with Crippen molar-refractivity contribution < 1.29 is 4.79 Å². The Bertz CT molecular complexity index is 808. The van der Waals surface area contributed by atoms with Crippen LogP contribution in [0.15, 0.2) is 29.1 Å². The highest BCUT2D eigenvalue weighted by Gasteiger charge is 2.25. The van der Waals surface area contributed by atoms with Gasteiger partial charge >= 0.3 is 5.69 Å². The molecule has 27 heavy (non-hydrogen) atoms. The molecule has 1 aliphatic rings. The summed E-state index contributed by atoms with van der Waals surface area (Å²) >= 11 is 0. The number of amides is 1. The summed E-state index contributed by atoms with van der Waals surface area (Å²) in [5, 5.41) is 3.34. The summed E-state index contributed by atoms with van der Waals surface area (Å²) in [6.45, 7) is 7.96. The van der Waals surface area contributed by atoms with Crippen molar-refractivity contribution in [2.75, 3.05) is 19.6 Å². The molecule has 1 saturated heterocycles. The van der Waals surface area contributed by atoms with Crippen LogP contribution in [0.3, 0.4) is 0 Å². The number of hydrogen-bond acceptors (Lipinski definition) is 3. The first-order chi connectivity index (χ1) is 12.7. The van der Waals surface area contributed by atoms with E-state index in [2.05, 4.69) is 19.2 Å². The minimum atomic E-state index is -0.00887. The molecule has 0 bridgehead atoms. The third kappa shape index (κ3) is 4.55. The van der Waals surface area contributed by atoms with Crippen molar-refractivity contribution in [3.05, 3.63) is 34.7 Å². The molecule has 0 spiro atoms. The van der Waals surface area contributed by atoms with Crippen LogP contribution in [0.5, 0.6) is 0 Å². The summed E-state index contributed by atoms with van der Waals surface area (Å²) in [5.41, 5.74) is 1.87. The summed E-state index contributed by atoms with van der Waals surface area (Å²) in [6.07, 6.45) is 3.25. The van der Waals surface area contributed by atoms with Crippen LogP contribution in [0.4, 0.5) is 0 Å². The van der Waals surface area contributed by atoms with Gasteiger partial charge in [-0.3, -0.25) is 13.9 Å². The molecule has 0 radical (unpaired) electrons. The first-order valence-corrected chi connectivity index (χ1v) is 9.85. The lowest BCUT2D eigenvalue weighted by molar-refractivity contribution is -0.133. The van der Waals surface area contributed by atoms with Gasteiger partial charge in [0.2, 0.25) is 5.91 Å². The zero-order valence-electron chi connectivity index (χ0n) is 16.3. The Labute approximate surface area is 166 Å². The van der Waals surface area contributed by atoms with Gasteiger partial charge in [-0.15, -0.1) is 12.4 Å². The maximum absolute atomic E-state index is 12.8. The lowest BCUT2D eigenvalue weighted by Gasteiger charge is -2.28. The summed E-state index contributed by atoms with van der Waals surface area (Å²) in [5.74, 6) is 0.153. The molecule has 1 N–H and O–H groups in total. The lowest BCUT2D eigenvalue weighted by atomic mass is 10.2. The van der Waals surface area contributed by atoms with Crippen molar-refractivity contribution in [3.63, 3.8) is 0 Å². The number of aromatic nitrogens is 2. The number of fused-ring (bicyclic) bond motifs is 1. The predicted octanol–water partition coefficient (Wildman–Crippen LogP) is 2.63. The maximum Gasteiger partial charge on any atom is 0.329 e. The van der Waals surface area contributed by atoms with Crippen LogP contribution in [-0.2, 0) is 17.9 Å². The molecule has 2 aromatic rings. The number of rotatable bonds is 8. The van der Waals surface area contributed by atoms with Crippen molar-refractivity contribution in [1.29, 1.82) is 0 Å². The minimum absolute atomic E-state index is 0. The first kappa shape index (κ1) is 21.5. The smallest absolute Gasteiger partial charge is 0.329 e. The monoisotopic (exact) mass is 394 g/mol. The minimum Gasteiger partial charge on any atom is -0.338 e. The largest absolute Gasteiger partial charge is 0.338 e. The zero-order chi connectivity index (χ0) is 18.5. The number of carbonyl (C=O) groups is 1. The zero-order valence-corrected chi connectivity index (χ0v) is 17.1. The van der Waals surface area contributed by atoms with E-state index in [9.17, 15) is 9.59 Å². The molecule has 1 aromatic carbocycles. The molecule has 150 valence electrons. The highest BCUT2D eigenvalue weighted by molar-refractivity contribution is 5.85. The highest BCUT2D eigenvalue weighted by atomic mass is 35.5. The van der Waals surface area contributed by atoms with E-state index in [4.69, 9.17) is 0 Å². The van der Waals surface area contributed by atoms with Crippen molar-refractivity contribution >= 4 is 29.3 Å². The summed E-state index contributed by atoms with van der Waals surface area (Å²) in [7, 11) is 0. The van der Waals surface area contributed by atoms with Gasteiger partial charge in [0.05, 0.1) is 11.0 Å². The molecule has 0 aliphatic carbocycles. The predicted molar refractivity (Wildman–Crippen MR) is 112 cm³/mol. The van der Waals surface area contributed by atoms with Crippen LogP contribution in [0, 0.1) is 0 Å². The molecule has 2 heterocycles. The molecule has 0 saturated carbocycles. The van der Waals surface area contributed by atoms with Crippen molar-refractivity contribution in [1.82, 2.24) is 19.4 Å². The van der Waals surface area contributed by atoms with E-state index in [-0.39, 0.29) is 24.0 Å². The Kier molecular flexibility index (Phi) is 7.92. The number of para-hydroxylation sites is 2. The van der Waals surface area contributed by atoms with Gasteiger partial charge < -0.3 is 10.2 Å². The molecule has 1 amide bonds. The lowest BCUT2D eigenvalue weighted by Crippen LogP contribution is -2.42. The van der Waals surface area contributed by atoms with Gasteiger partial charge in [0, 0.05) is 38.6 Å². The van der Waals surface area contributed by atoms with Crippen molar-refractivity contribution in [2.45, 2.75) is 58.7 Å². The molecule has 3 rings (SSSR count). The number of hydrogen-bond donors (Lipinski definition) is 1. The number of nitrogens with one attached hydrogen (secondary N) is 1. The van der Waals surface area contributed by atoms with Gasteiger partial charge in [-0.05, 0) is 37.9 Å². The third-order valence-electron chi connectivity index (χ3n) is 5.18.